The van der Waals surface area contributed by atoms with Crippen LogP contribution in [0.1, 0.15) is 25.5 Å². The Bertz CT molecular complexity index is 543. The lowest BCUT2D eigenvalue weighted by Gasteiger charge is -2.22. The quantitative estimate of drug-likeness (QED) is 0.523. The number of aromatic nitrogens is 1. The molecule has 7 heteroatoms. The minimum absolute atomic E-state index is 0.325. The number of aryl methyl sites for hydroxylation is 1. The standard InChI is InChI=1S/C17H29ClN4O2/c1-4-19-17(20-8-16(23)12-24-11-13-5-6-13)22(3)10-15-7-14(18)9-21(15)2/h7,9,13,16,23H,4-6,8,10-12H2,1-3H3,(H,19,20). The fraction of sp³-hybridized carbons (Fsp3) is 0.706. The Kier molecular flexibility index (Phi) is 7.40. The van der Waals surface area contributed by atoms with Gasteiger partial charge in [0.25, 0.3) is 0 Å². The van der Waals surface area contributed by atoms with Crippen molar-refractivity contribution >= 4 is 17.6 Å². The van der Waals surface area contributed by atoms with E-state index in [4.69, 9.17) is 16.3 Å². The summed E-state index contributed by atoms with van der Waals surface area (Å²) < 4.78 is 7.52. The van der Waals surface area contributed by atoms with Gasteiger partial charge in [0.15, 0.2) is 5.96 Å². The van der Waals surface area contributed by atoms with E-state index in [1.807, 2.05) is 42.7 Å². The van der Waals surface area contributed by atoms with Crippen LogP contribution in [0.15, 0.2) is 17.3 Å². The first-order valence-electron chi connectivity index (χ1n) is 8.55. The number of aliphatic hydroxyl groups excluding tert-OH is 1. The zero-order valence-electron chi connectivity index (χ0n) is 14.8. The van der Waals surface area contributed by atoms with E-state index in [-0.39, 0.29) is 0 Å². The lowest BCUT2D eigenvalue weighted by molar-refractivity contribution is 0.0367. The number of nitrogens with zero attached hydrogens (tertiary/aromatic N) is 3. The van der Waals surface area contributed by atoms with Crippen LogP contribution in [0.5, 0.6) is 0 Å². The first kappa shape index (κ1) is 19.1. The van der Waals surface area contributed by atoms with Crippen LogP contribution in [0.4, 0.5) is 0 Å². The molecule has 0 aliphatic heterocycles. The second kappa shape index (κ2) is 9.30. The van der Waals surface area contributed by atoms with Gasteiger partial charge in [-0.2, -0.15) is 0 Å². The molecule has 0 aromatic carbocycles. The van der Waals surface area contributed by atoms with Crippen molar-refractivity contribution < 1.29 is 9.84 Å². The van der Waals surface area contributed by atoms with E-state index in [0.717, 1.165) is 29.8 Å². The van der Waals surface area contributed by atoms with Crippen molar-refractivity contribution in [1.82, 2.24) is 14.8 Å². The summed E-state index contributed by atoms with van der Waals surface area (Å²) in [6.07, 6.45) is 3.82. The van der Waals surface area contributed by atoms with Gasteiger partial charge in [0.2, 0.25) is 0 Å². The molecular weight excluding hydrogens is 328 g/mol. The highest BCUT2D eigenvalue weighted by Gasteiger charge is 2.21. The maximum absolute atomic E-state index is 10.0. The van der Waals surface area contributed by atoms with E-state index >= 15 is 0 Å². The van der Waals surface area contributed by atoms with Crippen molar-refractivity contribution in [1.29, 1.82) is 0 Å². The Morgan fingerprint density at radius 1 is 1.58 bits per heavy atom. The predicted octanol–water partition coefficient (Wildman–Crippen LogP) is 1.86. The molecule has 2 N–H and O–H groups in total. The molecule has 1 aromatic rings. The molecule has 1 unspecified atom stereocenters. The zero-order chi connectivity index (χ0) is 17.5. The van der Waals surface area contributed by atoms with E-state index in [1.54, 1.807) is 0 Å². The van der Waals surface area contributed by atoms with Crippen LogP contribution in [0.3, 0.4) is 0 Å². The number of hydrogen-bond acceptors (Lipinski definition) is 3. The van der Waals surface area contributed by atoms with Gasteiger partial charge < -0.3 is 24.6 Å². The maximum atomic E-state index is 10.0. The van der Waals surface area contributed by atoms with Crippen molar-refractivity contribution in [2.24, 2.45) is 18.0 Å². The Hall–Kier alpha value is -1.24. The average Bonchev–Trinajstić information content (AvgIpc) is 3.29. The summed E-state index contributed by atoms with van der Waals surface area (Å²) in [5.74, 6) is 1.47. The topological polar surface area (TPSA) is 62.0 Å². The third-order valence-electron chi connectivity index (χ3n) is 3.98. The smallest absolute Gasteiger partial charge is 0.194 e. The number of aliphatic imine (C=N–C) groups is 1. The second-order valence-corrected chi connectivity index (χ2v) is 6.88. The van der Waals surface area contributed by atoms with Gasteiger partial charge in [-0.1, -0.05) is 11.6 Å². The fourth-order valence-corrected chi connectivity index (χ4v) is 2.68. The van der Waals surface area contributed by atoms with Crippen molar-refractivity contribution in [3.63, 3.8) is 0 Å². The third-order valence-corrected chi connectivity index (χ3v) is 4.19. The van der Waals surface area contributed by atoms with E-state index in [1.165, 1.54) is 12.8 Å². The Balaban J connectivity index is 1.84. The normalized spacial score (nSPS) is 16.3. The molecule has 24 heavy (non-hydrogen) atoms. The largest absolute Gasteiger partial charge is 0.389 e. The van der Waals surface area contributed by atoms with Crippen LogP contribution in [0.25, 0.3) is 0 Å². The molecule has 1 aliphatic carbocycles. The van der Waals surface area contributed by atoms with Crippen LogP contribution in [-0.4, -0.2) is 60.0 Å². The van der Waals surface area contributed by atoms with Crippen molar-refractivity contribution in [2.45, 2.75) is 32.4 Å². The van der Waals surface area contributed by atoms with Crippen LogP contribution >= 0.6 is 11.6 Å². The average molecular weight is 357 g/mol. The summed E-state index contributed by atoms with van der Waals surface area (Å²) in [6, 6.07) is 1.95. The summed E-state index contributed by atoms with van der Waals surface area (Å²) in [5.41, 5.74) is 1.10. The summed E-state index contributed by atoms with van der Waals surface area (Å²) in [4.78, 5) is 6.54. The first-order chi connectivity index (χ1) is 11.5. The van der Waals surface area contributed by atoms with Gasteiger partial charge in [0.1, 0.15) is 0 Å². The summed E-state index contributed by atoms with van der Waals surface area (Å²) in [6.45, 7) is 4.91. The lowest BCUT2D eigenvalue weighted by Crippen LogP contribution is -2.39. The molecule has 0 amide bonds. The minimum Gasteiger partial charge on any atom is -0.389 e. The van der Waals surface area contributed by atoms with E-state index in [0.29, 0.717) is 25.6 Å². The molecule has 1 heterocycles. The number of rotatable bonds is 9. The van der Waals surface area contributed by atoms with Crippen LogP contribution in [0, 0.1) is 5.92 Å². The molecule has 2 rings (SSSR count). The number of nitrogens with one attached hydrogen (secondary N) is 1. The van der Waals surface area contributed by atoms with Gasteiger partial charge in [-0.05, 0) is 31.7 Å². The summed E-state index contributed by atoms with van der Waals surface area (Å²) in [5, 5.41) is 14.0. The van der Waals surface area contributed by atoms with Gasteiger partial charge in [0, 0.05) is 39.1 Å². The summed E-state index contributed by atoms with van der Waals surface area (Å²) in [7, 11) is 3.94. The highest BCUT2D eigenvalue weighted by atomic mass is 35.5. The Morgan fingerprint density at radius 2 is 2.33 bits per heavy atom. The van der Waals surface area contributed by atoms with Gasteiger partial charge in [0.05, 0.1) is 30.8 Å². The van der Waals surface area contributed by atoms with Crippen LogP contribution in [0.2, 0.25) is 5.02 Å². The van der Waals surface area contributed by atoms with Crippen molar-refractivity contribution in [3.05, 3.63) is 23.0 Å². The molecule has 0 saturated heterocycles. The third kappa shape index (κ3) is 6.34. The number of halogens is 1. The molecule has 0 radical (unpaired) electrons. The maximum Gasteiger partial charge on any atom is 0.194 e. The molecule has 1 atom stereocenters. The summed E-state index contributed by atoms with van der Waals surface area (Å²) >= 11 is 6.04. The predicted molar refractivity (Wildman–Crippen MR) is 97.4 cm³/mol. The van der Waals surface area contributed by atoms with Gasteiger partial charge in [-0.3, -0.25) is 4.99 Å². The lowest BCUT2D eigenvalue weighted by atomic mass is 10.3. The molecule has 6 nitrogen and oxygen atoms in total. The number of guanidine groups is 1. The van der Waals surface area contributed by atoms with Gasteiger partial charge in [-0.15, -0.1) is 0 Å². The number of aliphatic hydroxyl groups is 1. The van der Waals surface area contributed by atoms with E-state index in [9.17, 15) is 5.11 Å². The molecule has 136 valence electrons. The first-order valence-corrected chi connectivity index (χ1v) is 8.93. The second-order valence-electron chi connectivity index (χ2n) is 6.45. The number of ether oxygens (including phenoxy) is 1. The van der Waals surface area contributed by atoms with Gasteiger partial charge >= 0.3 is 0 Å². The van der Waals surface area contributed by atoms with E-state index < -0.39 is 6.10 Å². The molecule has 1 aliphatic rings. The molecule has 1 aromatic heterocycles. The number of hydrogen-bond donors (Lipinski definition) is 2. The monoisotopic (exact) mass is 356 g/mol. The van der Waals surface area contributed by atoms with Crippen molar-refractivity contribution in [2.75, 3.05) is 33.4 Å². The van der Waals surface area contributed by atoms with Gasteiger partial charge in [-0.25, -0.2) is 0 Å². The van der Waals surface area contributed by atoms with E-state index in [2.05, 4.69) is 10.3 Å². The minimum atomic E-state index is -0.574. The van der Waals surface area contributed by atoms with Crippen molar-refractivity contribution in [3.8, 4) is 0 Å². The fourth-order valence-electron chi connectivity index (χ4n) is 2.41. The van der Waals surface area contributed by atoms with Crippen LogP contribution in [-0.2, 0) is 18.3 Å². The Morgan fingerprint density at radius 3 is 2.92 bits per heavy atom. The highest BCUT2D eigenvalue weighted by Crippen LogP contribution is 2.28. The molecule has 1 saturated carbocycles. The molecule has 1 fully saturated rings. The zero-order valence-corrected chi connectivity index (χ0v) is 15.6. The highest BCUT2D eigenvalue weighted by molar-refractivity contribution is 6.30. The molecular formula is C17H29ClN4O2. The SMILES string of the molecule is CCNC(=NCC(O)COCC1CC1)N(C)Cc1cc(Cl)cn1C. The van der Waals surface area contributed by atoms with Crippen LogP contribution < -0.4 is 5.32 Å². The molecule has 0 bridgehead atoms. The Labute approximate surface area is 149 Å². The molecule has 0 spiro atoms.